The summed E-state index contributed by atoms with van der Waals surface area (Å²) in [6, 6.07) is -1.29. The first-order chi connectivity index (χ1) is 29.9. The highest BCUT2D eigenvalue weighted by Gasteiger charge is 2.44. The number of likely N-dealkylation sites (tertiary alicyclic amines) is 1. The Hall–Kier alpha value is -3.46. The van der Waals surface area contributed by atoms with Gasteiger partial charge in [-0.3, -0.25) is 33.7 Å². The second kappa shape index (κ2) is 26.5. The van der Waals surface area contributed by atoms with E-state index in [0.29, 0.717) is 58.7 Å². The molecule has 1 aliphatic carbocycles. The molecule has 0 radical (unpaired) electrons. The zero-order valence-corrected chi connectivity index (χ0v) is 40.5. The number of carbonyl (C=O) groups excluding carboxylic acids is 5. The van der Waals surface area contributed by atoms with Crippen LogP contribution in [0, 0.1) is 41.4 Å². The lowest BCUT2D eigenvalue weighted by molar-refractivity contribution is -0.149. The molecule has 10 atom stereocenters. The topological polar surface area (TPSA) is 163 Å². The van der Waals surface area contributed by atoms with Crippen molar-refractivity contribution < 1.29 is 48.1 Å². The van der Waals surface area contributed by atoms with Crippen LogP contribution in [-0.4, -0.2) is 158 Å². The van der Waals surface area contributed by atoms with Crippen molar-refractivity contribution in [2.45, 2.75) is 143 Å². The predicted molar refractivity (Wildman–Crippen MR) is 244 cm³/mol. The van der Waals surface area contributed by atoms with Crippen LogP contribution in [0.5, 0.6) is 0 Å². The van der Waals surface area contributed by atoms with Crippen LogP contribution in [-0.2, 0) is 43.0 Å². The Kier molecular flexibility index (Phi) is 22.7. The Morgan fingerprint density at radius 3 is 2.11 bits per heavy atom. The van der Waals surface area contributed by atoms with E-state index in [1.165, 1.54) is 0 Å². The summed E-state index contributed by atoms with van der Waals surface area (Å²) in [5, 5.41) is 9.14. The number of hydrogen-bond acceptors (Lipinski definition) is 10. The third kappa shape index (κ3) is 15.3. The first kappa shape index (κ1) is 53.9. The number of methoxy groups -OCH3 is 2. The predicted octanol–water partition coefficient (Wildman–Crippen LogP) is 5.92. The molecule has 2 saturated heterocycles. The van der Waals surface area contributed by atoms with E-state index in [-0.39, 0.29) is 84.7 Å². The number of morpholine rings is 1. The van der Waals surface area contributed by atoms with Crippen LogP contribution in [0.3, 0.4) is 0 Å². The third-order valence-corrected chi connectivity index (χ3v) is 14.0. The van der Waals surface area contributed by atoms with E-state index in [1.54, 1.807) is 26.2 Å². The molecule has 0 bridgehead atoms. The first-order valence-corrected chi connectivity index (χ1v) is 23.7. The summed E-state index contributed by atoms with van der Waals surface area (Å²) in [7, 11) is 6.73. The minimum absolute atomic E-state index is 0.0120. The largest absolute Gasteiger partial charge is 0.481 e. The van der Waals surface area contributed by atoms with E-state index in [9.17, 15) is 28.8 Å². The second-order valence-electron chi connectivity index (χ2n) is 19.1. The minimum atomic E-state index is -0.878. The van der Waals surface area contributed by atoms with E-state index < -0.39 is 48.0 Å². The molecule has 1 N–H and O–H groups in total. The summed E-state index contributed by atoms with van der Waals surface area (Å²) in [6.07, 6.45) is 11.1. The molecular formula is C49H82N4O10. The van der Waals surface area contributed by atoms with Gasteiger partial charge in [0.1, 0.15) is 5.78 Å². The maximum absolute atomic E-state index is 14.6. The molecule has 14 heteroatoms. The Morgan fingerprint density at radius 1 is 0.873 bits per heavy atom. The van der Waals surface area contributed by atoms with Gasteiger partial charge in [-0.15, -0.1) is 0 Å². The molecule has 1 unspecified atom stereocenters. The van der Waals surface area contributed by atoms with E-state index in [0.717, 1.165) is 19.3 Å². The molecule has 2 heterocycles. The van der Waals surface area contributed by atoms with Crippen LogP contribution >= 0.6 is 0 Å². The van der Waals surface area contributed by atoms with Gasteiger partial charge in [-0.25, -0.2) is 0 Å². The van der Waals surface area contributed by atoms with Crippen molar-refractivity contribution >= 4 is 35.3 Å². The van der Waals surface area contributed by atoms with Gasteiger partial charge in [0, 0.05) is 77.9 Å². The quantitative estimate of drug-likeness (QED) is 0.104. The SMILES string of the molecule is CC[C@H](C)[C@@H]([C@@H](CC(=O)N1CCC[C@H]1[C@H](OC)[C@@H](C)C(=O)C[C@@H](CC1C=CC=CC1)C(=O)N1CCOCC1)OC)N(C)C(=O)[C@@H](CC(=O)[C@H](C(C)C)N(C)CCCC(=O)O)C(C)C. The highest BCUT2D eigenvalue weighted by Crippen LogP contribution is 2.33. The molecule has 0 aromatic rings. The van der Waals surface area contributed by atoms with Gasteiger partial charge in [0.15, 0.2) is 5.78 Å². The van der Waals surface area contributed by atoms with Gasteiger partial charge >= 0.3 is 5.97 Å². The molecule has 2 fully saturated rings. The number of aliphatic carboxylic acids is 1. The van der Waals surface area contributed by atoms with E-state index >= 15 is 0 Å². The van der Waals surface area contributed by atoms with Gasteiger partial charge in [0.05, 0.1) is 50.0 Å². The number of ketones is 2. The number of amides is 3. The lowest BCUT2D eigenvalue weighted by Crippen LogP contribution is -2.54. The van der Waals surface area contributed by atoms with Crippen molar-refractivity contribution in [1.82, 2.24) is 19.6 Å². The normalized spacial score (nSPS) is 21.8. The number of ether oxygens (including phenoxy) is 3. The molecule has 3 amide bonds. The van der Waals surface area contributed by atoms with Gasteiger partial charge in [-0.05, 0) is 69.4 Å². The van der Waals surface area contributed by atoms with Crippen molar-refractivity contribution in [3.63, 3.8) is 0 Å². The van der Waals surface area contributed by atoms with Gasteiger partial charge in [0.2, 0.25) is 17.7 Å². The summed E-state index contributed by atoms with van der Waals surface area (Å²) in [5.74, 6) is -3.04. The van der Waals surface area contributed by atoms with E-state index in [2.05, 4.69) is 12.2 Å². The molecule has 0 aromatic carbocycles. The summed E-state index contributed by atoms with van der Waals surface area (Å²) in [5.41, 5.74) is 0. The molecule has 63 heavy (non-hydrogen) atoms. The van der Waals surface area contributed by atoms with Crippen molar-refractivity contribution in [3.8, 4) is 0 Å². The number of likely N-dealkylation sites (N-methyl/N-ethyl adjacent to an activating group) is 2. The number of rotatable bonds is 27. The highest BCUT2D eigenvalue weighted by molar-refractivity contribution is 5.90. The number of hydrogen-bond donors (Lipinski definition) is 1. The zero-order chi connectivity index (χ0) is 47.0. The average Bonchev–Trinajstić information content (AvgIpc) is 3.74. The minimum Gasteiger partial charge on any atom is -0.481 e. The summed E-state index contributed by atoms with van der Waals surface area (Å²) in [6.45, 7) is 16.7. The van der Waals surface area contributed by atoms with Crippen molar-refractivity contribution in [2.24, 2.45) is 41.4 Å². The van der Waals surface area contributed by atoms with Crippen LogP contribution in [0.1, 0.15) is 113 Å². The fourth-order valence-corrected chi connectivity index (χ4v) is 10.2. The van der Waals surface area contributed by atoms with Gasteiger partial charge in [-0.2, -0.15) is 0 Å². The Morgan fingerprint density at radius 2 is 1.56 bits per heavy atom. The van der Waals surface area contributed by atoms with Gasteiger partial charge < -0.3 is 34.0 Å². The summed E-state index contributed by atoms with van der Waals surface area (Å²) < 4.78 is 17.7. The number of Topliss-reactive ketones (excluding diaryl/α,β-unsaturated/α-hetero) is 2. The van der Waals surface area contributed by atoms with E-state index in [4.69, 9.17) is 19.3 Å². The molecule has 14 nitrogen and oxygen atoms in total. The van der Waals surface area contributed by atoms with Crippen LogP contribution in [0.4, 0.5) is 0 Å². The van der Waals surface area contributed by atoms with Crippen LogP contribution in [0.15, 0.2) is 24.3 Å². The summed E-state index contributed by atoms with van der Waals surface area (Å²) in [4.78, 5) is 89.5. The highest BCUT2D eigenvalue weighted by atomic mass is 16.5. The number of carboxylic acids is 1. The van der Waals surface area contributed by atoms with Crippen LogP contribution in [0.2, 0.25) is 0 Å². The second-order valence-corrected chi connectivity index (χ2v) is 19.1. The van der Waals surface area contributed by atoms with Crippen molar-refractivity contribution in [2.75, 3.05) is 67.7 Å². The molecule has 0 spiro atoms. The van der Waals surface area contributed by atoms with E-state index in [1.807, 2.05) is 82.4 Å². The Labute approximate surface area is 378 Å². The molecule has 3 aliphatic rings. The molecular weight excluding hydrogens is 805 g/mol. The van der Waals surface area contributed by atoms with Crippen LogP contribution in [0.25, 0.3) is 0 Å². The number of carbonyl (C=O) groups is 6. The monoisotopic (exact) mass is 887 g/mol. The fraction of sp³-hybridized carbons (Fsp3) is 0.796. The molecule has 0 aromatic heterocycles. The lowest BCUT2D eigenvalue weighted by Gasteiger charge is -2.41. The Balaban J connectivity index is 1.78. The van der Waals surface area contributed by atoms with Crippen LogP contribution < -0.4 is 0 Å². The van der Waals surface area contributed by atoms with Crippen molar-refractivity contribution in [1.29, 1.82) is 0 Å². The average molecular weight is 887 g/mol. The first-order valence-electron chi connectivity index (χ1n) is 23.7. The standard InChI is InChI=1S/C49H82N4O10/c1-12-34(6)46(51(9)49(60)38(32(2)3)30-41(55)45(33(4)5)50(8)22-17-21-44(57)58)42(61-10)31-43(56)53-23-16-20-39(53)47(62-11)35(7)40(54)29-37(28-36-18-14-13-15-19-36)48(59)52-24-26-63-27-25-52/h13-15,18,32-39,42,45-47H,12,16-17,19-31H2,1-11H3,(H,57,58)/t34-,35-,36?,37+,38-,39-,42+,45-,46-,47+/m0/s1. The number of carboxylic acid groups (broad SMARTS) is 1. The summed E-state index contributed by atoms with van der Waals surface area (Å²) >= 11 is 0. The number of nitrogens with zero attached hydrogens (tertiary/aromatic N) is 4. The van der Waals surface area contributed by atoms with Crippen molar-refractivity contribution in [3.05, 3.63) is 24.3 Å². The maximum Gasteiger partial charge on any atom is 0.303 e. The molecule has 358 valence electrons. The number of allylic oxidation sites excluding steroid dienone is 4. The van der Waals surface area contributed by atoms with Gasteiger partial charge in [-0.1, -0.05) is 79.2 Å². The van der Waals surface area contributed by atoms with Gasteiger partial charge in [0.25, 0.3) is 0 Å². The maximum atomic E-state index is 14.6. The third-order valence-electron chi connectivity index (χ3n) is 14.0. The zero-order valence-electron chi connectivity index (χ0n) is 40.5. The fourth-order valence-electron chi connectivity index (χ4n) is 10.2. The molecule has 3 rings (SSSR count). The molecule has 0 saturated carbocycles. The molecule has 2 aliphatic heterocycles. The lowest BCUT2D eigenvalue weighted by atomic mass is 9.82. The smallest absolute Gasteiger partial charge is 0.303 e. The Bertz CT molecular complexity index is 1560.